The van der Waals surface area contributed by atoms with E-state index in [1.807, 2.05) is 6.20 Å². The Morgan fingerprint density at radius 3 is 2.74 bits per heavy atom. The van der Waals surface area contributed by atoms with Gasteiger partial charge in [0.05, 0.1) is 17.2 Å². The second kappa shape index (κ2) is 5.51. The lowest BCUT2D eigenvalue weighted by Gasteiger charge is -2.38. The number of aromatic nitrogens is 1. The highest BCUT2D eigenvalue weighted by Crippen LogP contribution is 2.44. The molecule has 1 aromatic rings. The van der Waals surface area contributed by atoms with Gasteiger partial charge in [-0.15, -0.1) is 11.3 Å². The number of nitrogens with zero attached hydrogens (tertiary/aromatic N) is 2. The first-order chi connectivity index (χ1) is 8.82. The lowest BCUT2D eigenvalue weighted by molar-refractivity contribution is -0.0608. The number of thiazole rings is 1. The predicted molar refractivity (Wildman–Crippen MR) is 80.8 cm³/mol. The monoisotopic (exact) mass is 282 g/mol. The topological polar surface area (TPSA) is 25.4 Å². The minimum Gasteiger partial charge on any atom is -0.374 e. The molecule has 3 nitrogen and oxygen atoms in total. The molecule has 1 fully saturated rings. The maximum Gasteiger partial charge on any atom is 0.0956 e. The predicted octanol–water partition coefficient (Wildman–Crippen LogP) is 3.53. The Balaban J connectivity index is 2.06. The molecule has 1 aromatic heterocycles. The molecule has 1 saturated carbocycles. The van der Waals surface area contributed by atoms with E-state index in [1.165, 1.54) is 17.8 Å². The van der Waals surface area contributed by atoms with Crippen LogP contribution in [0.2, 0.25) is 0 Å². The van der Waals surface area contributed by atoms with Crippen LogP contribution in [0.1, 0.15) is 51.0 Å². The molecular formula is C15H26N2OS. The third-order valence-electron chi connectivity index (χ3n) is 4.11. The molecule has 0 amide bonds. The highest BCUT2D eigenvalue weighted by atomic mass is 32.1. The SMILES string of the molecule is CN(C)C1(COC(C)(C)C)CCC(c2nccs2)C1. The lowest BCUT2D eigenvalue weighted by Crippen LogP contribution is -2.47. The number of ether oxygens (including phenoxy) is 1. The van der Waals surface area contributed by atoms with Crippen LogP contribution in [-0.4, -0.2) is 41.7 Å². The third-order valence-corrected chi connectivity index (χ3v) is 5.05. The summed E-state index contributed by atoms with van der Waals surface area (Å²) in [6.45, 7) is 7.20. The Labute approximate surface area is 121 Å². The zero-order valence-electron chi connectivity index (χ0n) is 12.8. The number of rotatable bonds is 4. The number of likely N-dealkylation sites (N-methyl/N-ethyl adjacent to an activating group) is 1. The molecular weight excluding hydrogens is 256 g/mol. The van der Waals surface area contributed by atoms with E-state index >= 15 is 0 Å². The van der Waals surface area contributed by atoms with Crippen LogP contribution in [0.3, 0.4) is 0 Å². The van der Waals surface area contributed by atoms with Crippen LogP contribution in [0.5, 0.6) is 0 Å². The van der Waals surface area contributed by atoms with E-state index in [0.29, 0.717) is 5.92 Å². The summed E-state index contributed by atoms with van der Waals surface area (Å²) in [5.74, 6) is 0.603. The van der Waals surface area contributed by atoms with Crippen molar-refractivity contribution < 1.29 is 4.74 Å². The Hall–Kier alpha value is -0.450. The zero-order chi connectivity index (χ0) is 14.1. The molecule has 0 radical (unpaired) electrons. The Morgan fingerprint density at radius 2 is 2.21 bits per heavy atom. The van der Waals surface area contributed by atoms with Crippen molar-refractivity contribution in [3.05, 3.63) is 16.6 Å². The first kappa shape index (κ1) is 14.9. The van der Waals surface area contributed by atoms with E-state index in [-0.39, 0.29) is 11.1 Å². The van der Waals surface area contributed by atoms with Crippen molar-refractivity contribution in [2.24, 2.45) is 0 Å². The molecule has 108 valence electrons. The molecule has 19 heavy (non-hydrogen) atoms. The van der Waals surface area contributed by atoms with E-state index in [4.69, 9.17) is 4.74 Å². The maximum absolute atomic E-state index is 6.08. The van der Waals surface area contributed by atoms with Gasteiger partial charge in [-0.2, -0.15) is 0 Å². The molecule has 0 aliphatic heterocycles. The molecule has 0 N–H and O–H groups in total. The Morgan fingerprint density at radius 1 is 1.47 bits per heavy atom. The summed E-state index contributed by atoms with van der Waals surface area (Å²) in [7, 11) is 4.35. The van der Waals surface area contributed by atoms with Gasteiger partial charge < -0.3 is 9.64 Å². The normalized spacial score (nSPS) is 28.2. The highest BCUT2D eigenvalue weighted by Gasteiger charge is 2.43. The smallest absolute Gasteiger partial charge is 0.0956 e. The second-order valence-electron chi connectivity index (χ2n) is 6.83. The maximum atomic E-state index is 6.08. The average Bonchev–Trinajstić information content (AvgIpc) is 2.95. The van der Waals surface area contributed by atoms with Crippen molar-refractivity contribution in [3.8, 4) is 0 Å². The summed E-state index contributed by atoms with van der Waals surface area (Å²) >= 11 is 1.79. The molecule has 2 unspecified atom stereocenters. The van der Waals surface area contributed by atoms with Gasteiger partial charge in [-0.1, -0.05) is 0 Å². The van der Waals surface area contributed by atoms with Gasteiger partial charge >= 0.3 is 0 Å². The van der Waals surface area contributed by atoms with Gasteiger partial charge in [0.15, 0.2) is 0 Å². The minimum atomic E-state index is -0.0672. The lowest BCUT2D eigenvalue weighted by atomic mass is 9.95. The molecule has 4 heteroatoms. The molecule has 1 heterocycles. The summed E-state index contributed by atoms with van der Waals surface area (Å²) in [5, 5.41) is 3.37. The Bertz CT molecular complexity index is 397. The van der Waals surface area contributed by atoms with Crippen LogP contribution in [0.4, 0.5) is 0 Å². The first-order valence-corrected chi connectivity index (χ1v) is 7.91. The molecule has 0 spiro atoms. The van der Waals surface area contributed by atoms with Crippen molar-refractivity contribution in [1.29, 1.82) is 0 Å². The standard InChI is InChI=1S/C15H26N2OS/c1-14(2,3)18-11-15(17(4)5)7-6-12(10-15)13-16-8-9-19-13/h8-9,12H,6-7,10-11H2,1-5H3. The number of hydrogen-bond donors (Lipinski definition) is 0. The van der Waals surface area contributed by atoms with Crippen LogP contribution < -0.4 is 0 Å². The van der Waals surface area contributed by atoms with Crippen LogP contribution in [0.15, 0.2) is 11.6 Å². The quantitative estimate of drug-likeness (QED) is 0.845. The summed E-state index contributed by atoms with van der Waals surface area (Å²) in [6, 6.07) is 0. The summed E-state index contributed by atoms with van der Waals surface area (Å²) in [6.07, 6.45) is 5.49. The highest BCUT2D eigenvalue weighted by molar-refractivity contribution is 7.09. The van der Waals surface area contributed by atoms with Crippen molar-refractivity contribution >= 4 is 11.3 Å². The van der Waals surface area contributed by atoms with Gasteiger partial charge in [-0.25, -0.2) is 4.98 Å². The zero-order valence-corrected chi connectivity index (χ0v) is 13.6. The third kappa shape index (κ3) is 3.56. The molecule has 2 rings (SSSR count). The average molecular weight is 282 g/mol. The summed E-state index contributed by atoms with van der Waals surface area (Å²) in [5.41, 5.74) is 0.103. The van der Waals surface area contributed by atoms with Gasteiger partial charge in [-0.3, -0.25) is 0 Å². The van der Waals surface area contributed by atoms with Crippen LogP contribution >= 0.6 is 11.3 Å². The largest absolute Gasteiger partial charge is 0.374 e. The fraction of sp³-hybridized carbons (Fsp3) is 0.800. The van der Waals surface area contributed by atoms with Crippen LogP contribution in [0, 0.1) is 0 Å². The van der Waals surface area contributed by atoms with E-state index in [2.05, 4.69) is 50.1 Å². The first-order valence-electron chi connectivity index (χ1n) is 7.03. The molecule has 0 aromatic carbocycles. The van der Waals surface area contributed by atoms with Crippen molar-refractivity contribution in [2.75, 3.05) is 20.7 Å². The van der Waals surface area contributed by atoms with Gasteiger partial charge in [0, 0.05) is 23.0 Å². The van der Waals surface area contributed by atoms with Crippen LogP contribution in [0.25, 0.3) is 0 Å². The second-order valence-corrected chi connectivity index (χ2v) is 7.76. The van der Waals surface area contributed by atoms with Gasteiger partial charge in [-0.05, 0) is 54.1 Å². The molecule has 1 aliphatic rings. The Kier molecular flexibility index (Phi) is 4.33. The van der Waals surface area contributed by atoms with Gasteiger partial charge in [0.1, 0.15) is 0 Å². The van der Waals surface area contributed by atoms with E-state index in [0.717, 1.165) is 13.0 Å². The van der Waals surface area contributed by atoms with Crippen molar-refractivity contribution in [3.63, 3.8) is 0 Å². The fourth-order valence-electron chi connectivity index (χ4n) is 2.77. The van der Waals surface area contributed by atoms with E-state index < -0.39 is 0 Å². The van der Waals surface area contributed by atoms with Crippen LogP contribution in [-0.2, 0) is 4.74 Å². The summed E-state index contributed by atoms with van der Waals surface area (Å²) in [4.78, 5) is 6.84. The molecule has 0 saturated heterocycles. The molecule has 0 bridgehead atoms. The van der Waals surface area contributed by atoms with Gasteiger partial charge in [0.25, 0.3) is 0 Å². The van der Waals surface area contributed by atoms with Crippen molar-refractivity contribution in [1.82, 2.24) is 9.88 Å². The molecule has 1 aliphatic carbocycles. The fourth-order valence-corrected chi connectivity index (χ4v) is 3.55. The van der Waals surface area contributed by atoms with Gasteiger partial charge in [0.2, 0.25) is 0 Å². The van der Waals surface area contributed by atoms with Crippen molar-refractivity contribution in [2.45, 2.75) is 57.1 Å². The van der Waals surface area contributed by atoms with E-state index in [9.17, 15) is 0 Å². The summed E-state index contributed by atoms with van der Waals surface area (Å²) < 4.78 is 6.08. The van der Waals surface area contributed by atoms with E-state index in [1.54, 1.807) is 11.3 Å². The minimum absolute atomic E-state index is 0.0672. The molecule has 2 atom stereocenters. The number of hydrogen-bond acceptors (Lipinski definition) is 4.